The second-order valence-corrected chi connectivity index (χ2v) is 8.78. The van der Waals surface area contributed by atoms with E-state index in [1.54, 1.807) is 28.9 Å². The number of halogens is 2. The molecular formula is C26H24F2N6O2. The number of hydrogen-bond donors (Lipinski definition) is 0. The monoisotopic (exact) mass is 490 g/mol. The van der Waals surface area contributed by atoms with E-state index in [1.807, 2.05) is 35.2 Å². The number of anilines is 1. The van der Waals surface area contributed by atoms with Gasteiger partial charge in [-0.1, -0.05) is 36.4 Å². The zero-order valence-electron chi connectivity index (χ0n) is 19.4. The molecule has 3 heterocycles. The summed E-state index contributed by atoms with van der Waals surface area (Å²) in [6, 6.07) is 18.7. The minimum Gasteiger partial charge on any atom is -0.454 e. The molecule has 0 aliphatic carbocycles. The van der Waals surface area contributed by atoms with Crippen LogP contribution in [0.2, 0.25) is 0 Å². The Morgan fingerprint density at radius 1 is 0.833 bits per heavy atom. The third-order valence-corrected chi connectivity index (χ3v) is 6.65. The lowest BCUT2D eigenvalue weighted by Crippen LogP contribution is -2.48. The third kappa shape index (κ3) is 4.24. The molecule has 36 heavy (non-hydrogen) atoms. The number of piperazine rings is 1. The molecule has 0 bridgehead atoms. The summed E-state index contributed by atoms with van der Waals surface area (Å²) in [7, 11) is 0. The van der Waals surface area contributed by atoms with E-state index in [-0.39, 0.29) is 18.4 Å². The summed E-state index contributed by atoms with van der Waals surface area (Å²) in [6.07, 6.45) is 0. The molecule has 1 aromatic heterocycles. The van der Waals surface area contributed by atoms with Crippen molar-refractivity contribution < 1.29 is 18.3 Å². The van der Waals surface area contributed by atoms with Crippen LogP contribution >= 0.6 is 0 Å². The molecule has 0 N–H and O–H groups in total. The number of fused-ring (bicyclic) bond motifs is 1. The molecule has 4 aromatic rings. The molecule has 184 valence electrons. The molecule has 2 aliphatic heterocycles. The predicted molar refractivity (Wildman–Crippen MR) is 128 cm³/mol. The summed E-state index contributed by atoms with van der Waals surface area (Å²) in [5.74, 6) is 1.35. The minimum atomic E-state index is -0.502. The zero-order valence-corrected chi connectivity index (χ0v) is 19.4. The molecule has 10 heteroatoms. The fraction of sp³-hybridized carbons (Fsp3) is 0.269. The van der Waals surface area contributed by atoms with E-state index in [9.17, 15) is 4.39 Å². The maximum Gasteiger partial charge on any atom is 0.231 e. The molecule has 1 atom stereocenters. The van der Waals surface area contributed by atoms with Gasteiger partial charge in [0.15, 0.2) is 17.3 Å². The van der Waals surface area contributed by atoms with Gasteiger partial charge in [-0.05, 0) is 46.3 Å². The quantitative estimate of drug-likeness (QED) is 0.409. The Morgan fingerprint density at radius 2 is 1.58 bits per heavy atom. The number of tetrazole rings is 1. The highest BCUT2D eigenvalue weighted by atomic mass is 19.1. The number of benzene rings is 3. The van der Waals surface area contributed by atoms with Gasteiger partial charge in [0.25, 0.3) is 0 Å². The average Bonchev–Trinajstić information content (AvgIpc) is 3.56. The van der Waals surface area contributed by atoms with Crippen molar-refractivity contribution in [3.63, 3.8) is 0 Å². The second-order valence-electron chi connectivity index (χ2n) is 8.78. The highest BCUT2D eigenvalue weighted by Crippen LogP contribution is 2.34. The molecule has 6 rings (SSSR count). The second kappa shape index (κ2) is 9.54. The molecule has 8 nitrogen and oxygen atoms in total. The van der Waals surface area contributed by atoms with Gasteiger partial charge >= 0.3 is 0 Å². The Labute approximate surface area is 206 Å². The number of hydrogen-bond acceptors (Lipinski definition) is 7. The van der Waals surface area contributed by atoms with Crippen molar-refractivity contribution in [1.82, 2.24) is 25.1 Å². The number of nitrogens with zero attached hydrogens (tertiary/aromatic N) is 6. The van der Waals surface area contributed by atoms with Crippen LogP contribution in [0.5, 0.6) is 11.5 Å². The Bertz CT molecular complexity index is 1370. The number of ether oxygens (including phenoxy) is 2. The van der Waals surface area contributed by atoms with Crippen molar-refractivity contribution in [3.05, 3.63) is 95.3 Å². The van der Waals surface area contributed by atoms with Crippen LogP contribution in [0.1, 0.15) is 23.0 Å². The van der Waals surface area contributed by atoms with E-state index < -0.39 is 6.04 Å². The minimum absolute atomic E-state index is 0.198. The first-order valence-corrected chi connectivity index (χ1v) is 11.8. The summed E-state index contributed by atoms with van der Waals surface area (Å²) in [5, 5.41) is 12.5. The molecule has 0 unspecified atom stereocenters. The summed E-state index contributed by atoms with van der Waals surface area (Å²) in [4.78, 5) is 4.16. The van der Waals surface area contributed by atoms with Gasteiger partial charge in [0.05, 0.1) is 12.2 Å². The van der Waals surface area contributed by atoms with E-state index >= 15 is 4.39 Å². The van der Waals surface area contributed by atoms with Crippen LogP contribution in [0.3, 0.4) is 0 Å². The van der Waals surface area contributed by atoms with Gasteiger partial charge in [-0.2, -0.15) is 0 Å². The van der Waals surface area contributed by atoms with Gasteiger partial charge in [0.2, 0.25) is 6.79 Å². The average molecular weight is 491 g/mol. The molecule has 2 aliphatic rings. The molecular weight excluding hydrogens is 466 g/mol. The van der Waals surface area contributed by atoms with Crippen molar-refractivity contribution in [3.8, 4) is 11.5 Å². The molecule has 0 saturated carbocycles. The van der Waals surface area contributed by atoms with Gasteiger partial charge < -0.3 is 14.4 Å². The normalized spacial score (nSPS) is 16.3. The van der Waals surface area contributed by atoms with Gasteiger partial charge in [0.1, 0.15) is 17.7 Å². The van der Waals surface area contributed by atoms with Gasteiger partial charge in [-0.15, -0.1) is 5.10 Å². The van der Waals surface area contributed by atoms with Crippen LogP contribution in [0, 0.1) is 11.6 Å². The van der Waals surface area contributed by atoms with Crippen LogP contribution in [-0.4, -0.2) is 58.1 Å². The first kappa shape index (κ1) is 22.4. The number of rotatable bonds is 6. The lowest BCUT2D eigenvalue weighted by atomic mass is 10.0. The van der Waals surface area contributed by atoms with Crippen LogP contribution in [0.25, 0.3) is 0 Å². The zero-order chi connectivity index (χ0) is 24.5. The van der Waals surface area contributed by atoms with Crippen molar-refractivity contribution >= 4 is 5.69 Å². The topological polar surface area (TPSA) is 68.5 Å². The fourth-order valence-corrected chi connectivity index (χ4v) is 4.86. The lowest BCUT2D eigenvalue weighted by molar-refractivity contribution is 0.174. The molecule has 1 fully saturated rings. The number of aromatic nitrogens is 4. The van der Waals surface area contributed by atoms with Gasteiger partial charge in [0, 0.05) is 31.7 Å². The Balaban J connectivity index is 1.30. The van der Waals surface area contributed by atoms with Crippen LogP contribution in [-0.2, 0) is 6.54 Å². The van der Waals surface area contributed by atoms with Crippen molar-refractivity contribution in [1.29, 1.82) is 0 Å². The van der Waals surface area contributed by atoms with Crippen LogP contribution < -0.4 is 14.4 Å². The predicted octanol–water partition coefficient (Wildman–Crippen LogP) is 3.64. The fourth-order valence-electron chi connectivity index (χ4n) is 4.86. The van der Waals surface area contributed by atoms with Gasteiger partial charge in [-0.3, -0.25) is 4.90 Å². The lowest BCUT2D eigenvalue weighted by Gasteiger charge is -2.40. The maximum absolute atomic E-state index is 15.1. The van der Waals surface area contributed by atoms with E-state index in [0.29, 0.717) is 61.3 Å². The van der Waals surface area contributed by atoms with Crippen molar-refractivity contribution in [2.45, 2.75) is 12.6 Å². The summed E-state index contributed by atoms with van der Waals surface area (Å²) in [5.41, 5.74) is 2.01. The molecule has 0 amide bonds. The van der Waals surface area contributed by atoms with Crippen molar-refractivity contribution in [2.24, 2.45) is 0 Å². The van der Waals surface area contributed by atoms with E-state index in [1.165, 1.54) is 12.1 Å². The van der Waals surface area contributed by atoms with Gasteiger partial charge in [-0.25, -0.2) is 13.5 Å². The van der Waals surface area contributed by atoms with Crippen LogP contribution in [0.4, 0.5) is 14.5 Å². The molecule has 3 aromatic carbocycles. The molecule has 1 saturated heterocycles. The maximum atomic E-state index is 15.1. The van der Waals surface area contributed by atoms with E-state index in [2.05, 4.69) is 20.4 Å². The highest BCUT2D eigenvalue weighted by molar-refractivity contribution is 5.48. The van der Waals surface area contributed by atoms with E-state index in [0.717, 1.165) is 5.56 Å². The standard InChI is InChI=1S/C26H24F2N6O2/c27-20-6-2-1-5-19(20)25(33-13-11-32(12-14-33)22-8-4-3-7-21(22)28)26-29-30-31-34(26)16-18-9-10-23-24(15-18)36-17-35-23/h1-10,15,25H,11-14,16-17H2/t25-/m0/s1. The molecule has 0 spiro atoms. The molecule has 0 radical (unpaired) electrons. The van der Waals surface area contributed by atoms with Crippen molar-refractivity contribution in [2.75, 3.05) is 37.9 Å². The SMILES string of the molecule is Fc1ccccc1[C@@H](c1nnnn1Cc1ccc2c(c1)OCO2)N1CCN(c2ccccc2F)CC1. The first-order chi connectivity index (χ1) is 17.7. The summed E-state index contributed by atoms with van der Waals surface area (Å²) in [6.45, 7) is 2.95. The highest BCUT2D eigenvalue weighted by Gasteiger charge is 2.33. The smallest absolute Gasteiger partial charge is 0.231 e. The number of para-hydroxylation sites is 1. The van der Waals surface area contributed by atoms with Crippen LogP contribution in [0.15, 0.2) is 66.7 Å². The van der Waals surface area contributed by atoms with E-state index in [4.69, 9.17) is 9.47 Å². The Hall–Kier alpha value is -4.05. The third-order valence-electron chi connectivity index (χ3n) is 6.65. The largest absolute Gasteiger partial charge is 0.454 e. The summed E-state index contributed by atoms with van der Waals surface area (Å²) < 4.78 is 42.1. The summed E-state index contributed by atoms with van der Waals surface area (Å²) >= 11 is 0. The Kier molecular flexibility index (Phi) is 5.94. The Morgan fingerprint density at radius 3 is 2.39 bits per heavy atom. The first-order valence-electron chi connectivity index (χ1n) is 11.8.